The molecule has 0 aromatic rings. The van der Waals surface area contributed by atoms with Crippen LogP contribution in [0.25, 0.3) is 0 Å². The van der Waals surface area contributed by atoms with Gasteiger partial charge in [0.2, 0.25) is 8.32 Å². The summed E-state index contributed by atoms with van der Waals surface area (Å²) < 4.78 is 5.69. The summed E-state index contributed by atoms with van der Waals surface area (Å²) in [5.41, 5.74) is 0. The minimum absolute atomic E-state index is 0.143. The van der Waals surface area contributed by atoms with Crippen molar-refractivity contribution in [2.75, 3.05) is 0 Å². The van der Waals surface area contributed by atoms with Crippen LogP contribution in [0, 0.1) is 5.92 Å². The van der Waals surface area contributed by atoms with Crippen molar-refractivity contribution in [1.82, 2.24) is 0 Å². The standard InChI is InChI=1S/C10H20O2Si/c1-8(7-9(2)11)10(3)12-13(4,5)6/h8H,3,7H2,1-2,4-6H3/t8-/m1/s1. The molecule has 0 unspecified atom stereocenters. The van der Waals surface area contributed by atoms with E-state index >= 15 is 0 Å². The summed E-state index contributed by atoms with van der Waals surface area (Å²) in [5, 5.41) is 0. The maximum absolute atomic E-state index is 10.8. The van der Waals surface area contributed by atoms with Crippen molar-refractivity contribution in [1.29, 1.82) is 0 Å². The zero-order valence-electron chi connectivity index (χ0n) is 9.31. The van der Waals surface area contributed by atoms with E-state index in [9.17, 15) is 4.79 Å². The van der Waals surface area contributed by atoms with E-state index in [1.165, 1.54) is 0 Å². The van der Waals surface area contributed by atoms with Gasteiger partial charge in [0.15, 0.2) is 0 Å². The molecule has 0 amide bonds. The van der Waals surface area contributed by atoms with Gasteiger partial charge in [-0.2, -0.15) is 0 Å². The SMILES string of the molecule is C=C(O[Si](C)(C)C)[C@H](C)CC(C)=O. The Balaban J connectivity index is 4.05. The van der Waals surface area contributed by atoms with Gasteiger partial charge < -0.3 is 9.22 Å². The normalized spacial score (nSPS) is 13.6. The highest BCUT2D eigenvalue weighted by atomic mass is 28.4. The van der Waals surface area contributed by atoms with Crippen LogP contribution in [0.5, 0.6) is 0 Å². The quantitative estimate of drug-likeness (QED) is 0.504. The number of carbonyl (C=O) groups is 1. The Morgan fingerprint density at radius 3 is 2.23 bits per heavy atom. The van der Waals surface area contributed by atoms with Crippen molar-refractivity contribution in [2.45, 2.75) is 39.9 Å². The van der Waals surface area contributed by atoms with Crippen LogP contribution in [-0.2, 0) is 9.22 Å². The van der Waals surface area contributed by atoms with Crippen LogP contribution in [0.15, 0.2) is 12.3 Å². The molecule has 0 heterocycles. The molecule has 0 N–H and O–H groups in total. The van der Waals surface area contributed by atoms with Crippen LogP contribution >= 0.6 is 0 Å². The fourth-order valence-electron chi connectivity index (χ4n) is 1.04. The summed E-state index contributed by atoms with van der Waals surface area (Å²) in [6.45, 7) is 13.8. The fraction of sp³-hybridized carbons (Fsp3) is 0.700. The van der Waals surface area contributed by atoms with Crippen LogP contribution in [0.2, 0.25) is 19.6 Å². The molecule has 76 valence electrons. The van der Waals surface area contributed by atoms with Gasteiger partial charge >= 0.3 is 0 Å². The predicted molar refractivity (Wildman–Crippen MR) is 58.0 cm³/mol. The number of hydrogen-bond acceptors (Lipinski definition) is 2. The van der Waals surface area contributed by atoms with Gasteiger partial charge in [-0.05, 0) is 26.6 Å². The number of rotatable bonds is 5. The van der Waals surface area contributed by atoms with Gasteiger partial charge in [-0.3, -0.25) is 0 Å². The van der Waals surface area contributed by atoms with E-state index in [4.69, 9.17) is 4.43 Å². The zero-order chi connectivity index (χ0) is 10.6. The van der Waals surface area contributed by atoms with Gasteiger partial charge in [-0.15, -0.1) is 0 Å². The monoisotopic (exact) mass is 200 g/mol. The lowest BCUT2D eigenvalue weighted by molar-refractivity contribution is -0.117. The van der Waals surface area contributed by atoms with E-state index in [1.54, 1.807) is 6.92 Å². The van der Waals surface area contributed by atoms with Crippen LogP contribution in [-0.4, -0.2) is 14.1 Å². The smallest absolute Gasteiger partial charge is 0.241 e. The highest BCUT2D eigenvalue weighted by molar-refractivity contribution is 6.70. The van der Waals surface area contributed by atoms with Crippen molar-refractivity contribution in [3.8, 4) is 0 Å². The first-order valence-corrected chi connectivity index (χ1v) is 8.00. The van der Waals surface area contributed by atoms with Crippen molar-refractivity contribution in [2.24, 2.45) is 5.92 Å². The zero-order valence-corrected chi connectivity index (χ0v) is 10.3. The molecule has 0 saturated heterocycles. The molecule has 0 radical (unpaired) electrons. The van der Waals surface area contributed by atoms with Crippen LogP contribution in [0.1, 0.15) is 20.3 Å². The maximum atomic E-state index is 10.8. The summed E-state index contributed by atoms with van der Waals surface area (Å²) in [6, 6.07) is 0. The molecule has 13 heavy (non-hydrogen) atoms. The lowest BCUT2D eigenvalue weighted by Crippen LogP contribution is -2.26. The first kappa shape index (κ1) is 12.4. The van der Waals surface area contributed by atoms with Crippen molar-refractivity contribution < 1.29 is 9.22 Å². The topological polar surface area (TPSA) is 26.3 Å². The Hall–Kier alpha value is -0.573. The Bertz CT molecular complexity index is 203. The summed E-state index contributed by atoms with van der Waals surface area (Å²) in [7, 11) is -1.54. The third kappa shape index (κ3) is 6.58. The average molecular weight is 200 g/mol. The van der Waals surface area contributed by atoms with Gasteiger partial charge in [-0.25, -0.2) is 0 Å². The number of ketones is 1. The number of carbonyl (C=O) groups excluding carboxylic acids is 1. The maximum Gasteiger partial charge on any atom is 0.241 e. The predicted octanol–water partition coefficient (Wildman–Crippen LogP) is 2.97. The molecule has 0 saturated carbocycles. The minimum atomic E-state index is -1.54. The largest absolute Gasteiger partial charge is 0.548 e. The molecule has 3 heteroatoms. The number of allylic oxidation sites excluding steroid dienone is 1. The highest BCUT2D eigenvalue weighted by Crippen LogP contribution is 2.19. The number of hydrogen-bond donors (Lipinski definition) is 0. The summed E-state index contributed by atoms with van der Waals surface area (Å²) in [5.74, 6) is 1.09. The Morgan fingerprint density at radius 1 is 1.46 bits per heavy atom. The summed E-state index contributed by atoms with van der Waals surface area (Å²) >= 11 is 0. The lowest BCUT2D eigenvalue weighted by atomic mass is 10.0. The van der Waals surface area contributed by atoms with E-state index in [-0.39, 0.29) is 11.7 Å². The second kappa shape index (κ2) is 4.60. The Labute approximate surface area is 82.1 Å². The highest BCUT2D eigenvalue weighted by Gasteiger charge is 2.20. The van der Waals surface area contributed by atoms with Crippen molar-refractivity contribution in [3.05, 3.63) is 12.3 Å². The van der Waals surface area contributed by atoms with Crippen molar-refractivity contribution in [3.63, 3.8) is 0 Å². The van der Waals surface area contributed by atoms with Gasteiger partial charge in [0, 0.05) is 12.3 Å². The van der Waals surface area contributed by atoms with Gasteiger partial charge in [0.1, 0.15) is 5.78 Å². The van der Waals surface area contributed by atoms with Gasteiger partial charge in [0.05, 0.1) is 5.76 Å². The second-order valence-electron chi connectivity index (χ2n) is 4.49. The molecular formula is C10H20O2Si. The Morgan fingerprint density at radius 2 is 1.92 bits per heavy atom. The molecular weight excluding hydrogens is 180 g/mol. The van der Waals surface area contributed by atoms with Crippen LogP contribution < -0.4 is 0 Å². The molecule has 0 spiro atoms. The van der Waals surface area contributed by atoms with Gasteiger partial charge in [-0.1, -0.05) is 13.5 Å². The minimum Gasteiger partial charge on any atom is -0.548 e. The van der Waals surface area contributed by atoms with Gasteiger partial charge in [0.25, 0.3) is 0 Å². The third-order valence-corrected chi connectivity index (χ3v) is 2.46. The molecule has 0 aliphatic heterocycles. The van der Waals surface area contributed by atoms with Crippen LogP contribution in [0.4, 0.5) is 0 Å². The van der Waals surface area contributed by atoms with E-state index in [0.717, 1.165) is 5.76 Å². The third-order valence-electron chi connectivity index (χ3n) is 1.58. The van der Waals surface area contributed by atoms with Crippen molar-refractivity contribution >= 4 is 14.1 Å². The van der Waals surface area contributed by atoms with Crippen LogP contribution in [0.3, 0.4) is 0 Å². The lowest BCUT2D eigenvalue weighted by Gasteiger charge is -2.24. The summed E-state index contributed by atoms with van der Waals surface area (Å²) in [4.78, 5) is 10.8. The van der Waals surface area contributed by atoms with E-state index in [0.29, 0.717) is 6.42 Å². The molecule has 1 atom stereocenters. The fourth-order valence-corrected chi connectivity index (χ4v) is 2.03. The first-order chi connectivity index (χ1) is 5.72. The van der Waals surface area contributed by atoms with E-state index < -0.39 is 8.32 Å². The number of Topliss-reactive ketones (excluding diaryl/α,β-unsaturated/α-hetero) is 1. The molecule has 0 aliphatic rings. The molecule has 0 aromatic carbocycles. The molecule has 0 aromatic heterocycles. The second-order valence-corrected chi connectivity index (χ2v) is 8.92. The molecule has 2 nitrogen and oxygen atoms in total. The van der Waals surface area contributed by atoms with E-state index in [1.807, 2.05) is 6.92 Å². The molecule has 0 fully saturated rings. The van der Waals surface area contributed by atoms with E-state index in [2.05, 4.69) is 26.2 Å². The Kier molecular flexibility index (Phi) is 4.40. The molecule has 0 aliphatic carbocycles. The molecule has 0 bridgehead atoms. The first-order valence-electron chi connectivity index (χ1n) is 4.59. The summed E-state index contributed by atoms with van der Waals surface area (Å²) in [6.07, 6.45) is 0.531. The average Bonchev–Trinajstić information content (AvgIpc) is 1.81. The molecule has 0 rings (SSSR count).